The van der Waals surface area contributed by atoms with Crippen molar-refractivity contribution in [1.29, 1.82) is 0 Å². The molecule has 1 saturated heterocycles. The van der Waals surface area contributed by atoms with E-state index in [1.54, 1.807) is 7.11 Å². The van der Waals surface area contributed by atoms with Gasteiger partial charge in [0, 0.05) is 19.7 Å². The molecule has 1 atom stereocenters. The van der Waals surface area contributed by atoms with Crippen molar-refractivity contribution in [1.82, 2.24) is 14.6 Å². The Balaban J connectivity index is 1.51. The van der Waals surface area contributed by atoms with Gasteiger partial charge in [-0.2, -0.15) is 4.37 Å². The van der Waals surface area contributed by atoms with Gasteiger partial charge in [-0.1, -0.05) is 0 Å². The number of aromatic carboxylic acids is 1. The summed E-state index contributed by atoms with van der Waals surface area (Å²) in [6, 6.07) is 0.627. The fourth-order valence-corrected chi connectivity index (χ4v) is 4.75. The number of carbonyl (C=O) groups is 2. The number of hydrogen-bond acceptors (Lipinski definition) is 7. The van der Waals surface area contributed by atoms with Crippen LogP contribution >= 0.6 is 11.5 Å². The Morgan fingerprint density at radius 2 is 2.06 bits per heavy atom. The van der Waals surface area contributed by atoms with Gasteiger partial charge in [0.2, 0.25) is 5.88 Å². The number of carboxylic acid groups (broad SMARTS) is 1. The maximum atomic E-state index is 14.1. The standard InChI is InChI=1S/C23H29F3N4O5S/c1-13-10-16(24)15(19(26)18(13)25)12-35-20-17(22(31)32)21(36-29-20)28-23(33)27-7-3-4-8-30-9-5-6-14(30)11-34-2/h10,14H,3-9,11-12H2,1-2H3,(H,31,32)(H2,27,28,33). The minimum Gasteiger partial charge on any atom is -0.477 e. The lowest BCUT2D eigenvalue weighted by Crippen LogP contribution is -2.34. The van der Waals surface area contributed by atoms with Gasteiger partial charge in [-0.3, -0.25) is 10.2 Å². The number of halogens is 3. The van der Waals surface area contributed by atoms with E-state index in [0.29, 0.717) is 30.7 Å². The average molecular weight is 531 g/mol. The maximum Gasteiger partial charge on any atom is 0.344 e. The molecule has 2 aromatic rings. The zero-order valence-corrected chi connectivity index (χ0v) is 20.9. The van der Waals surface area contributed by atoms with Crippen LogP contribution in [0.5, 0.6) is 5.88 Å². The molecule has 198 valence electrons. The van der Waals surface area contributed by atoms with Gasteiger partial charge in [-0.15, -0.1) is 0 Å². The quantitative estimate of drug-likeness (QED) is 0.279. The summed E-state index contributed by atoms with van der Waals surface area (Å²) in [5, 5.41) is 14.5. The summed E-state index contributed by atoms with van der Waals surface area (Å²) in [7, 11) is 1.69. The highest BCUT2D eigenvalue weighted by Gasteiger charge is 2.26. The van der Waals surface area contributed by atoms with Crippen molar-refractivity contribution in [3.8, 4) is 5.88 Å². The first-order valence-electron chi connectivity index (χ1n) is 11.5. The van der Waals surface area contributed by atoms with E-state index in [0.717, 1.165) is 44.8 Å². The molecule has 1 aromatic carbocycles. The number of nitrogens with zero attached hydrogens (tertiary/aromatic N) is 2. The van der Waals surface area contributed by atoms with E-state index in [1.165, 1.54) is 6.92 Å². The molecule has 0 bridgehead atoms. The lowest BCUT2D eigenvalue weighted by molar-refractivity contribution is 0.0693. The largest absolute Gasteiger partial charge is 0.477 e. The second kappa shape index (κ2) is 12.9. The van der Waals surface area contributed by atoms with Gasteiger partial charge in [0.1, 0.15) is 17.4 Å². The first-order chi connectivity index (χ1) is 17.2. The molecule has 2 heterocycles. The van der Waals surface area contributed by atoms with Crippen LogP contribution in [0.25, 0.3) is 0 Å². The van der Waals surface area contributed by atoms with E-state index in [9.17, 15) is 27.9 Å². The topological polar surface area (TPSA) is 113 Å². The van der Waals surface area contributed by atoms with Gasteiger partial charge in [-0.25, -0.2) is 22.8 Å². The SMILES string of the molecule is COCC1CCCN1CCCCNC(=O)Nc1snc(OCc2c(F)cc(C)c(F)c2F)c1C(=O)O. The predicted molar refractivity (Wildman–Crippen MR) is 127 cm³/mol. The molecule has 3 rings (SSSR count). The molecule has 0 aliphatic carbocycles. The van der Waals surface area contributed by atoms with Crippen molar-refractivity contribution in [2.24, 2.45) is 0 Å². The molecule has 36 heavy (non-hydrogen) atoms. The number of ether oxygens (including phenoxy) is 2. The number of amides is 2. The molecule has 3 N–H and O–H groups in total. The van der Waals surface area contributed by atoms with Gasteiger partial charge in [0.15, 0.2) is 17.2 Å². The fourth-order valence-electron chi connectivity index (χ4n) is 4.03. The molecule has 9 nitrogen and oxygen atoms in total. The number of likely N-dealkylation sites (tertiary alicyclic amines) is 1. The third-order valence-electron chi connectivity index (χ3n) is 5.91. The summed E-state index contributed by atoms with van der Waals surface area (Å²) in [4.78, 5) is 26.3. The summed E-state index contributed by atoms with van der Waals surface area (Å²) in [6.07, 6.45) is 3.88. The Hall–Kier alpha value is -2.90. The van der Waals surface area contributed by atoms with Crippen LogP contribution in [0.15, 0.2) is 6.07 Å². The molecule has 1 unspecified atom stereocenters. The molecule has 2 amide bonds. The van der Waals surface area contributed by atoms with Crippen LogP contribution in [0.3, 0.4) is 0 Å². The Morgan fingerprint density at radius 3 is 2.78 bits per heavy atom. The third-order valence-corrected chi connectivity index (χ3v) is 6.65. The van der Waals surface area contributed by atoms with Gasteiger partial charge < -0.3 is 19.9 Å². The molecule has 1 fully saturated rings. The van der Waals surface area contributed by atoms with Gasteiger partial charge in [0.25, 0.3) is 0 Å². The van der Waals surface area contributed by atoms with Crippen molar-refractivity contribution in [3.63, 3.8) is 0 Å². The zero-order valence-electron chi connectivity index (χ0n) is 20.0. The Bertz CT molecular complexity index is 1080. The minimum atomic E-state index is -1.46. The van der Waals surface area contributed by atoms with Crippen LogP contribution < -0.4 is 15.4 Å². The molecule has 1 aliphatic rings. The number of anilines is 1. The Labute approximate surface area is 210 Å². The second-order valence-electron chi connectivity index (χ2n) is 8.44. The van der Waals surface area contributed by atoms with Crippen molar-refractivity contribution in [3.05, 3.63) is 40.2 Å². The number of carbonyl (C=O) groups excluding carboxylic acids is 1. The van der Waals surface area contributed by atoms with E-state index in [4.69, 9.17) is 9.47 Å². The summed E-state index contributed by atoms with van der Waals surface area (Å²) in [5.74, 6) is -5.58. The van der Waals surface area contributed by atoms with Gasteiger partial charge in [0.05, 0.1) is 12.2 Å². The van der Waals surface area contributed by atoms with E-state index in [-0.39, 0.29) is 10.6 Å². The summed E-state index contributed by atoms with van der Waals surface area (Å²) >= 11 is 0.639. The first-order valence-corrected chi connectivity index (χ1v) is 12.3. The number of rotatable bonds is 12. The van der Waals surface area contributed by atoms with Crippen molar-refractivity contribution >= 4 is 28.5 Å². The minimum absolute atomic E-state index is 0.106. The first kappa shape index (κ1) is 27.7. The molecule has 13 heteroatoms. The maximum absolute atomic E-state index is 14.1. The zero-order chi connectivity index (χ0) is 26.2. The number of aromatic nitrogens is 1. The van der Waals surface area contributed by atoms with Crippen molar-refractivity contribution in [2.75, 3.05) is 38.7 Å². The van der Waals surface area contributed by atoms with Crippen LogP contribution in [0.4, 0.5) is 23.0 Å². The molecular weight excluding hydrogens is 501 g/mol. The second-order valence-corrected chi connectivity index (χ2v) is 9.22. The predicted octanol–water partition coefficient (Wildman–Crippen LogP) is 4.16. The van der Waals surface area contributed by atoms with E-state index >= 15 is 0 Å². The number of hydrogen-bond donors (Lipinski definition) is 3. The molecule has 0 spiro atoms. The van der Waals surface area contributed by atoms with Crippen molar-refractivity contribution in [2.45, 2.75) is 45.3 Å². The number of carboxylic acids is 1. The molecule has 0 saturated carbocycles. The fraction of sp³-hybridized carbons (Fsp3) is 0.522. The highest BCUT2D eigenvalue weighted by molar-refractivity contribution is 7.11. The Morgan fingerprint density at radius 1 is 1.28 bits per heavy atom. The number of aryl methyl sites for hydroxylation is 1. The Kier molecular flexibility index (Phi) is 9.90. The summed E-state index contributed by atoms with van der Waals surface area (Å²) < 4.78 is 56.1. The van der Waals surface area contributed by atoms with Crippen LogP contribution in [0.2, 0.25) is 0 Å². The van der Waals surface area contributed by atoms with E-state index in [1.807, 2.05) is 0 Å². The number of urea groups is 1. The van der Waals surface area contributed by atoms with Gasteiger partial charge >= 0.3 is 12.0 Å². The lowest BCUT2D eigenvalue weighted by atomic mass is 10.1. The van der Waals surface area contributed by atoms with Crippen LogP contribution in [-0.2, 0) is 11.3 Å². The molecule has 1 aromatic heterocycles. The van der Waals surface area contributed by atoms with E-state index in [2.05, 4.69) is 19.9 Å². The highest BCUT2D eigenvalue weighted by atomic mass is 32.1. The molecular formula is C23H29F3N4O5S. The molecule has 1 aliphatic heterocycles. The van der Waals surface area contributed by atoms with Crippen molar-refractivity contribution < 1.29 is 37.3 Å². The number of methoxy groups -OCH3 is 1. The number of unbranched alkanes of at least 4 members (excludes halogenated alkanes) is 1. The average Bonchev–Trinajstić information content (AvgIpc) is 3.44. The smallest absolute Gasteiger partial charge is 0.344 e. The number of benzene rings is 1. The normalized spacial score (nSPS) is 15.8. The summed E-state index contributed by atoms with van der Waals surface area (Å²) in [6.45, 7) is 3.46. The monoisotopic (exact) mass is 530 g/mol. The van der Waals surface area contributed by atoms with Gasteiger partial charge in [-0.05, 0) is 68.9 Å². The van der Waals surface area contributed by atoms with Crippen LogP contribution in [0, 0.1) is 24.4 Å². The summed E-state index contributed by atoms with van der Waals surface area (Å²) in [5.41, 5.74) is -1.38. The molecule has 0 radical (unpaired) electrons. The lowest BCUT2D eigenvalue weighted by Gasteiger charge is -2.23. The highest BCUT2D eigenvalue weighted by Crippen LogP contribution is 2.32. The van der Waals surface area contributed by atoms with Crippen LogP contribution in [-0.4, -0.2) is 65.8 Å². The number of nitrogens with one attached hydrogen (secondary N) is 2. The van der Waals surface area contributed by atoms with Crippen LogP contribution in [0.1, 0.15) is 47.2 Å². The van der Waals surface area contributed by atoms with E-state index < -0.39 is 53.1 Å². The third kappa shape index (κ3) is 6.86.